The molecule has 1 atom stereocenters. The lowest BCUT2D eigenvalue weighted by atomic mass is 10.1. The summed E-state index contributed by atoms with van der Waals surface area (Å²) in [6.07, 6.45) is 0. The molecule has 0 spiro atoms. The standard InChI is InChI=1S/C14H14ClNO/c1-10(16)11-5-7-13(8-6-11)17-14-4-2-3-12(15)9-14/h2-10H,16H2,1H3. The normalized spacial score (nSPS) is 12.2. The van der Waals surface area contributed by atoms with E-state index < -0.39 is 0 Å². The van der Waals surface area contributed by atoms with Crippen LogP contribution < -0.4 is 10.5 Å². The first-order valence-corrected chi connectivity index (χ1v) is 5.82. The van der Waals surface area contributed by atoms with Gasteiger partial charge >= 0.3 is 0 Å². The lowest BCUT2D eigenvalue weighted by Gasteiger charge is -2.08. The van der Waals surface area contributed by atoms with Crippen LogP contribution in [0.5, 0.6) is 11.5 Å². The summed E-state index contributed by atoms with van der Waals surface area (Å²) in [4.78, 5) is 0. The molecular formula is C14H14ClNO. The second-order valence-electron chi connectivity index (χ2n) is 3.92. The lowest BCUT2D eigenvalue weighted by molar-refractivity contribution is 0.482. The molecule has 88 valence electrons. The van der Waals surface area contributed by atoms with Crippen LogP contribution in [0, 0.1) is 0 Å². The van der Waals surface area contributed by atoms with Crippen LogP contribution in [0.3, 0.4) is 0 Å². The zero-order valence-electron chi connectivity index (χ0n) is 9.56. The third kappa shape index (κ3) is 3.22. The Kier molecular flexibility index (Phi) is 3.67. The topological polar surface area (TPSA) is 35.2 Å². The highest BCUT2D eigenvalue weighted by atomic mass is 35.5. The fourth-order valence-corrected chi connectivity index (χ4v) is 1.69. The molecule has 0 saturated carbocycles. The number of hydrogen-bond donors (Lipinski definition) is 1. The molecule has 2 rings (SSSR count). The van der Waals surface area contributed by atoms with Crippen LogP contribution in [0.2, 0.25) is 5.02 Å². The molecule has 0 aliphatic carbocycles. The van der Waals surface area contributed by atoms with Crippen molar-refractivity contribution in [2.45, 2.75) is 13.0 Å². The van der Waals surface area contributed by atoms with E-state index in [2.05, 4.69) is 0 Å². The van der Waals surface area contributed by atoms with Gasteiger partial charge in [0.2, 0.25) is 0 Å². The molecule has 0 amide bonds. The maximum Gasteiger partial charge on any atom is 0.128 e. The number of halogens is 1. The molecule has 0 aliphatic rings. The summed E-state index contributed by atoms with van der Waals surface area (Å²) in [5, 5.41) is 0.662. The van der Waals surface area contributed by atoms with Gasteiger partial charge in [-0.25, -0.2) is 0 Å². The molecule has 2 nitrogen and oxygen atoms in total. The number of ether oxygens (including phenoxy) is 1. The van der Waals surface area contributed by atoms with Gasteiger partial charge in [-0.05, 0) is 42.8 Å². The Morgan fingerprint density at radius 2 is 1.76 bits per heavy atom. The Hall–Kier alpha value is -1.51. The molecule has 0 bridgehead atoms. The van der Waals surface area contributed by atoms with E-state index in [1.54, 1.807) is 6.07 Å². The summed E-state index contributed by atoms with van der Waals surface area (Å²) >= 11 is 5.88. The van der Waals surface area contributed by atoms with Gasteiger partial charge in [0.15, 0.2) is 0 Å². The molecule has 0 radical (unpaired) electrons. The van der Waals surface area contributed by atoms with E-state index in [1.165, 1.54) is 0 Å². The Morgan fingerprint density at radius 1 is 1.06 bits per heavy atom. The minimum atomic E-state index is 0.0372. The third-order valence-corrected chi connectivity index (χ3v) is 2.67. The second-order valence-corrected chi connectivity index (χ2v) is 4.35. The summed E-state index contributed by atoms with van der Waals surface area (Å²) in [6, 6.07) is 15.1. The molecule has 0 aromatic heterocycles. The molecule has 0 saturated heterocycles. The third-order valence-electron chi connectivity index (χ3n) is 2.44. The van der Waals surface area contributed by atoms with Gasteiger partial charge in [0.25, 0.3) is 0 Å². The predicted molar refractivity (Wildman–Crippen MR) is 70.6 cm³/mol. The summed E-state index contributed by atoms with van der Waals surface area (Å²) in [5.74, 6) is 1.50. The van der Waals surface area contributed by atoms with E-state index in [4.69, 9.17) is 22.1 Å². The fraction of sp³-hybridized carbons (Fsp3) is 0.143. The molecule has 0 fully saturated rings. The minimum absolute atomic E-state index is 0.0372. The molecule has 0 heterocycles. The number of nitrogens with two attached hydrogens (primary N) is 1. The van der Waals surface area contributed by atoms with Crippen LogP contribution in [0.4, 0.5) is 0 Å². The van der Waals surface area contributed by atoms with Gasteiger partial charge in [0.05, 0.1) is 0 Å². The van der Waals surface area contributed by atoms with Crippen molar-refractivity contribution in [1.29, 1.82) is 0 Å². The van der Waals surface area contributed by atoms with Crippen LogP contribution in [0.15, 0.2) is 48.5 Å². The average molecular weight is 248 g/mol. The van der Waals surface area contributed by atoms with Crippen molar-refractivity contribution in [3.63, 3.8) is 0 Å². The highest BCUT2D eigenvalue weighted by Gasteiger charge is 2.01. The predicted octanol–water partition coefficient (Wildman–Crippen LogP) is 4.15. The molecule has 2 aromatic rings. The van der Waals surface area contributed by atoms with Crippen LogP contribution >= 0.6 is 11.6 Å². The summed E-state index contributed by atoms with van der Waals surface area (Å²) in [6.45, 7) is 1.95. The Labute approximate surface area is 106 Å². The highest BCUT2D eigenvalue weighted by Crippen LogP contribution is 2.25. The minimum Gasteiger partial charge on any atom is -0.457 e. The van der Waals surface area contributed by atoms with Crippen molar-refractivity contribution in [2.75, 3.05) is 0 Å². The van der Waals surface area contributed by atoms with Gasteiger partial charge in [-0.15, -0.1) is 0 Å². The van der Waals surface area contributed by atoms with E-state index in [1.807, 2.05) is 49.4 Å². The number of hydrogen-bond acceptors (Lipinski definition) is 2. The van der Waals surface area contributed by atoms with Crippen molar-refractivity contribution in [3.8, 4) is 11.5 Å². The monoisotopic (exact) mass is 247 g/mol. The molecule has 3 heteroatoms. The molecule has 2 aromatic carbocycles. The smallest absolute Gasteiger partial charge is 0.128 e. The summed E-state index contributed by atoms with van der Waals surface area (Å²) in [7, 11) is 0. The molecular weight excluding hydrogens is 234 g/mol. The van der Waals surface area contributed by atoms with Gasteiger partial charge in [0.1, 0.15) is 11.5 Å². The largest absolute Gasteiger partial charge is 0.457 e. The molecule has 0 aliphatic heterocycles. The summed E-state index contributed by atoms with van der Waals surface area (Å²) < 4.78 is 5.67. The zero-order chi connectivity index (χ0) is 12.3. The van der Waals surface area contributed by atoms with E-state index in [0.717, 1.165) is 17.1 Å². The maximum absolute atomic E-state index is 5.88. The van der Waals surface area contributed by atoms with Gasteiger partial charge in [-0.3, -0.25) is 0 Å². The summed E-state index contributed by atoms with van der Waals surface area (Å²) in [5.41, 5.74) is 6.86. The second kappa shape index (κ2) is 5.21. The van der Waals surface area contributed by atoms with Gasteiger partial charge in [-0.1, -0.05) is 29.8 Å². The first-order chi connectivity index (χ1) is 8.15. The lowest BCUT2D eigenvalue weighted by Crippen LogP contribution is -2.04. The van der Waals surface area contributed by atoms with E-state index in [0.29, 0.717) is 5.02 Å². The fourth-order valence-electron chi connectivity index (χ4n) is 1.51. The number of rotatable bonds is 3. The SMILES string of the molecule is CC(N)c1ccc(Oc2cccc(Cl)c2)cc1. The van der Waals surface area contributed by atoms with E-state index in [9.17, 15) is 0 Å². The highest BCUT2D eigenvalue weighted by molar-refractivity contribution is 6.30. The van der Waals surface area contributed by atoms with Crippen LogP contribution in [0.25, 0.3) is 0 Å². The molecule has 2 N–H and O–H groups in total. The zero-order valence-corrected chi connectivity index (χ0v) is 10.3. The van der Waals surface area contributed by atoms with Crippen molar-refractivity contribution < 1.29 is 4.74 Å². The quantitative estimate of drug-likeness (QED) is 0.884. The van der Waals surface area contributed by atoms with Gasteiger partial charge < -0.3 is 10.5 Å². The molecule has 17 heavy (non-hydrogen) atoms. The van der Waals surface area contributed by atoms with E-state index >= 15 is 0 Å². The van der Waals surface area contributed by atoms with Crippen molar-refractivity contribution in [1.82, 2.24) is 0 Å². The van der Waals surface area contributed by atoms with Crippen molar-refractivity contribution >= 4 is 11.6 Å². The Morgan fingerprint density at radius 3 is 2.35 bits per heavy atom. The average Bonchev–Trinajstić information content (AvgIpc) is 2.29. The van der Waals surface area contributed by atoms with Crippen molar-refractivity contribution in [3.05, 3.63) is 59.1 Å². The van der Waals surface area contributed by atoms with Gasteiger partial charge in [0, 0.05) is 11.1 Å². The Bertz CT molecular complexity index is 494. The Balaban J connectivity index is 2.14. The van der Waals surface area contributed by atoms with Gasteiger partial charge in [-0.2, -0.15) is 0 Å². The molecule has 1 unspecified atom stereocenters. The first-order valence-electron chi connectivity index (χ1n) is 5.44. The number of benzene rings is 2. The van der Waals surface area contributed by atoms with E-state index in [-0.39, 0.29) is 6.04 Å². The maximum atomic E-state index is 5.88. The first kappa shape index (κ1) is 12.0. The van der Waals surface area contributed by atoms with Crippen LogP contribution in [-0.2, 0) is 0 Å². The van der Waals surface area contributed by atoms with Crippen LogP contribution in [-0.4, -0.2) is 0 Å². The van der Waals surface area contributed by atoms with Crippen LogP contribution in [0.1, 0.15) is 18.5 Å². The van der Waals surface area contributed by atoms with Crippen molar-refractivity contribution in [2.24, 2.45) is 5.73 Å².